The molecule has 0 aromatic heterocycles. The minimum atomic E-state index is 0.951. The van der Waals surface area contributed by atoms with E-state index >= 15 is 0 Å². The fourth-order valence-corrected chi connectivity index (χ4v) is 1.38. The molecule has 0 radical (unpaired) electrons. The van der Waals surface area contributed by atoms with Crippen LogP contribution in [0.25, 0.3) is 0 Å². The Bertz CT molecular complexity index is 246. The number of allylic oxidation sites excluding steroid dienone is 1. The van der Waals surface area contributed by atoms with Gasteiger partial charge in [-0.1, -0.05) is 31.4 Å². The lowest BCUT2D eigenvalue weighted by Crippen LogP contribution is -2.12. The van der Waals surface area contributed by atoms with Gasteiger partial charge in [-0.2, -0.15) is 0 Å². The van der Waals surface area contributed by atoms with Crippen LogP contribution in [0.3, 0.4) is 0 Å². The number of rotatable bonds is 3. The Morgan fingerprint density at radius 1 is 1.25 bits per heavy atom. The van der Waals surface area contributed by atoms with Gasteiger partial charge in [0.05, 0.1) is 0 Å². The van der Waals surface area contributed by atoms with Crippen LogP contribution in [0, 0.1) is 0 Å². The summed E-state index contributed by atoms with van der Waals surface area (Å²) in [5, 5.41) is 0. The minimum Gasteiger partial charge on any atom is -0.369 e. The Hall–Kier alpha value is -1.24. The molecule has 0 amide bonds. The van der Waals surface area contributed by atoms with Crippen molar-refractivity contribution in [2.75, 3.05) is 13.1 Å². The van der Waals surface area contributed by atoms with E-state index in [1.54, 1.807) is 0 Å². The van der Waals surface area contributed by atoms with Crippen molar-refractivity contribution in [1.29, 1.82) is 0 Å². The highest BCUT2D eigenvalue weighted by Gasteiger charge is 2.14. The maximum Gasteiger partial charge on any atom is 0.0430 e. The van der Waals surface area contributed by atoms with E-state index in [0.717, 1.165) is 13.1 Å². The van der Waals surface area contributed by atoms with Crippen LogP contribution in [-0.2, 0) is 0 Å². The van der Waals surface area contributed by atoms with Crippen molar-refractivity contribution in [3.63, 3.8) is 0 Å². The zero-order valence-corrected chi connectivity index (χ0v) is 7.59. The van der Waals surface area contributed by atoms with Crippen LogP contribution < -0.4 is 0 Å². The van der Waals surface area contributed by atoms with Crippen LogP contribution >= 0.6 is 0 Å². The van der Waals surface area contributed by atoms with E-state index < -0.39 is 0 Å². The second-order valence-electron chi connectivity index (χ2n) is 2.84. The fourth-order valence-electron chi connectivity index (χ4n) is 1.38. The van der Waals surface area contributed by atoms with Crippen LogP contribution in [0.1, 0.15) is 6.92 Å². The van der Waals surface area contributed by atoms with Crippen molar-refractivity contribution in [3.8, 4) is 0 Å². The maximum absolute atomic E-state index is 3.79. The lowest BCUT2D eigenvalue weighted by Gasteiger charge is -2.10. The molecule has 1 nitrogen and oxygen atoms in total. The molecule has 1 heteroatoms. The monoisotopic (exact) mass is 161 g/mol. The van der Waals surface area contributed by atoms with E-state index in [2.05, 4.69) is 30.2 Å². The molecule has 12 heavy (non-hydrogen) atoms. The molecule has 0 atom stereocenters. The highest BCUT2D eigenvalue weighted by molar-refractivity contribution is 5.38. The van der Waals surface area contributed by atoms with Gasteiger partial charge in [-0.15, -0.1) is 0 Å². The normalized spacial score (nSPS) is 17.6. The van der Waals surface area contributed by atoms with Gasteiger partial charge >= 0.3 is 0 Å². The second kappa shape index (κ2) is 3.96. The lowest BCUT2D eigenvalue weighted by molar-refractivity contribution is 0.480. The van der Waals surface area contributed by atoms with Crippen molar-refractivity contribution in [1.82, 2.24) is 4.90 Å². The summed E-state index contributed by atoms with van der Waals surface area (Å²) in [5.74, 6) is 0. The highest BCUT2D eigenvalue weighted by Crippen LogP contribution is 2.19. The molecule has 0 aromatic rings. The highest BCUT2D eigenvalue weighted by atomic mass is 15.1. The number of hydrogen-bond donors (Lipinski definition) is 0. The third-order valence-electron chi connectivity index (χ3n) is 2.03. The summed E-state index contributed by atoms with van der Waals surface area (Å²) in [6.07, 6.45) is 8.00. The van der Waals surface area contributed by atoms with Crippen LogP contribution in [0.2, 0.25) is 0 Å². The Labute approximate surface area is 74.4 Å². The van der Waals surface area contributed by atoms with Crippen molar-refractivity contribution in [2.24, 2.45) is 0 Å². The standard InChI is InChI=1S/C11H15N/c1-4-7-11-9-12(6-3)8-10(11)5-2/h4-7H,2-3,8-9H2,1H3/b7-4-. The molecular formula is C11H15N. The molecule has 0 fully saturated rings. The summed E-state index contributed by atoms with van der Waals surface area (Å²) in [7, 11) is 0. The van der Waals surface area contributed by atoms with E-state index in [1.165, 1.54) is 11.1 Å². The molecule has 1 rings (SSSR count). The van der Waals surface area contributed by atoms with Crippen LogP contribution in [0.5, 0.6) is 0 Å². The summed E-state index contributed by atoms with van der Waals surface area (Å²) < 4.78 is 0. The zero-order chi connectivity index (χ0) is 8.97. The predicted molar refractivity (Wildman–Crippen MR) is 53.8 cm³/mol. The van der Waals surface area contributed by atoms with Crippen LogP contribution in [0.4, 0.5) is 0 Å². The third-order valence-corrected chi connectivity index (χ3v) is 2.03. The summed E-state index contributed by atoms with van der Waals surface area (Å²) in [6.45, 7) is 11.5. The average Bonchev–Trinajstić information content (AvgIpc) is 2.48. The van der Waals surface area contributed by atoms with Crippen molar-refractivity contribution < 1.29 is 0 Å². The molecule has 0 unspecified atom stereocenters. The molecule has 1 aliphatic heterocycles. The molecule has 0 saturated carbocycles. The molecule has 0 aliphatic carbocycles. The maximum atomic E-state index is 3.79. The van der Waals surface area contributed by atoms with Crippen LogP contribution in [-0.4, -0.2) is 18.0 Å². The topological polar surface area (TPSA) is 3.24 Å². The van der Waals surface area contributed by atoms with Crippen molar-refractivity contribution in [3.05, 3.63) is 48.7 Å². The SMILES string of the molecule is C=CC1=C(/C=C\C)CN(C=C)C1. The molecule has 1 aliphatic rings. The van der Waals surface area contributed by atoms with Gasteiger partial charge in [0.25, 0.3) is 0 Å². The van der Waals surface area contributed by atoms with Crippen molar-refractivity contribution in [2.45, 2.75) is 6.92 Å². The fraction of sp³-hybridized carbons (Fsp3) is 0.273. The van der Waals surface area contributed by atoms with E-state index in [-0.39, 0.29) is 0 Å². The largest absolute Gasteiger partial charge is 0.369 e. The molecule has 0 saturated heterocycles. The van der Waals surface area contributed by atoms with Gasteiger partial charge in [-0.05, 0) is 24.3 Å². The molecule has 0 N–H and O–H groups in total. The van der Waals surface area contributed by atoms with E-state index in [0.29, 0.717) is 0 Å². The predicted octanol–water partition coefficient (Wildman–Crippen LogP) is 2.50. The quantitative estimate of drug-likeness (QED) is 0.614. The minimum absolute atomic E-state index is 0.951. The van der Waals surface area contributed by atoms with Gasteiger partial charge in [0.1, 0.15) is 0 Å². The molecule has 64 valence electrons. The first kappa shape index (κ1) is 8.85. The summed E-state index contributed by atoms with van der Waals surface area (Å²) in [6, 6.07) is 0. The van der Waals surface area contributed by atoms with E-state index in [4.69, 9.17) is 0 Å². The zero-order valence-electron chi connectivity index (χ0n) is 7.59. The second-order valence-corrected chi connectivity index (χ2v) is 2.84. The van der Waals surface area contributed by atoms with Gasteiger partial charge in [-0.3, -0.25) is 0 Å². The molecule has 1 heterocycles. The summed E-state index contributed by atoms with van der Waals surface area (Å²) in [4.78, 5) is 2.17. The van der Waals surface area contributed by atoms with E-state index in [1.807, 2.05) is 19.2 Å². The first-order chi connectivity index (χ1) is 5.81. The average molecular weight is 161 g/mol. The Morgan fingerprint density at radius 3 is 2.42 bits per heavy atom. The third kappa shape index (κ3) is 1.67. The first-order valence-electron chi connectivity index (χ1n) is 4.15. The summed E-state index contributed by atoms with van der Waals surface area (Å²) in [5.41, 5.74) is 2.67. The number of nitrogens with zero attached hydrogens (tertiary/aromatic N) is 1. The van der Waals surface area contributed by atoms with Gasteiger partial charge in [0, 0.05) is 13.1 Å². The molecular weight excluding hydrogens is 146 g/mol. The molecule has 0 bridgehead atoms. The Morgan fingerprint density at radius 2 is 1.92 bits per heavy atom. The summed E-state index contributed by atoms with van der Waals surface area (Å²) >= 11 is 0. The van der Waals surface area contributed by atoms with Gasteiger partial charge in [-0.25, -0.2) is 0 Å². The van der Waals surface area contributed by atoms with Crippen molar-refractivity contribution >= 4 is 0 Å². The Kier molecular flexibility index (Phi) is 2.92. The molecule has 0 spiro atoms. The van der Waals surface area contributed by atoms with E-state index in [9.17, 15) is 0 Å². The van der Waals surface area contributed by atoms with Gasteiger partial charge in [0.15, 0.2) is 0 Å². The van der Waals surface area contributed by atoms with Crippen LogP contribution in [0.15, 0.2) is 48.7 Å². The number of hydrogen-bond acceptors (Lipinski definition) is 1. The van der Waals surface area contributed by atoms with Gasteiger partial charge in [0.2, 0.25) is 0 Å². The van der Waals surface area contributed by atoms with Gasteiger partial charge < -0.3 is 4.90 Å². The Balaban J connectivity index is 2.79. The lowest BCUT2D eigenvalue weighted by atomic mass is 10.1. The molecule has 0 aromatic carbocycles. The first-order valence-corrected chi connectivity index (χ1v) is 4.15. The smallest absolute Gasteiger partial charge is 0.0430 e.